The van der Waals surface area contributed by atoms with Crippen LogP contribution in [-0.4, -0.2) is 55.5 Å². The zero-order valence-corrected chi connectivity index (χ0v) is 17.5. The molecule has 2 aromatic carbocycles. The third-order valence-corrected chi connectivity index (χ3v) is 5.53. The van der Waals surface area contributed by atoms with Crippen LogP contribution in [0.1, 0.15) is 29.7 Å². The van der Waals surface area contributed by atoms with E-state index in [1.807, 2.05) is 0 Å². The van der Waals surface area contributed by atoms with Gasteiger partial charge in [-0.15, -0.1) is 0 Å². The fourth-order valence-electron chi connectivity index (χ4n) is 3.60. The Labute approximate surface area is 173 Å². The van der Waals surface area contributed by atoms with E-state index in [4.69, 9.17) is 0 Å². The molecule has 1 aliphatic heterocycles. The maximum Gasteiger partial charge on any atom is 0.247 e. The molecular weight excluding hydrogens is 365 g/mol. The molecule has 4 nitrogen and oxygen atoms in total. The van der Waals surface area contributed by atoms with Crippen LogP contribution in [0.5, 0.6) is 0 Å². The predicted molar refractivity (Wildman–Crippen MR) is 116 cm³/mol. The minimum absolute atomic E-state index is 0.120. The zero-order valence-electron chi connectivity index (χ0n) is 17.5. The highest BCUT2D eigenvalue weighted by Gasteiger charge is 2.24. The summed E-state index contributed by atoms with van der Waals surface area (Å²) in [5.41, 5.74) is 3.35. The average molecular weight is 396 g/mol. The summed E-state index contributed by atoms with van der Waals surface area (Å²) in [5, 5.41) is 3.06. The molecule has 1 heterocycles. The van der Waals surface area contributed by atoms with Crippen molar-refractivity contribution >= 4 is 12.0 Å². The van der Waals surface area contributed by atoms with Crippen LogP contribution < -0.4 is 5.32 Å². The van der Waals surface area contributed by atoms with Gasteiger partial charge >= 0.3 is 0 Å². The van der Waals surface area contributed by atoms with Crippen molar-refractivity contribution in [2.24, 2.45) is 0 Å². The molecule has 1 amide bonds. The summed E-state index contributed by atoms with van der Waals surface area (Å²) < 4.78 is 13.9. The third-order valence-electron chi connectivity index (χ3n) is 5.53. The summed E-state index contributed by atoms with van der Waals surface area (Å²) in [6, 6.07) is 15.1. The van der Waals surface area contributed by atoms with Crippen molar-refractivity contribution in [2.75, 3.05) is 39.8 Å². The minimum atomic E-state index is -0.324. The van der Waals surface area contributed by atoms with Crippen molar-refractivity contribution in [1.82, 2.24) is 15.1 Å². The van der Waals surface area contributed by atoms with Crippen molar-refractivity contribution in [3.8, 4) is 0 Å². The quantitative estimate of drug-likeness (QED) is 0.759. The number of piperazine rings is 1. The van der Waals surface area contributed by atoms with Gasteiger partial charge in [0, 0.05) is 43.9 Å². The number of nitrogens with zero attached hydrogens (tertiary/aromatic N) is 2. The van der Waals surface area contributed by atoms with E-state index in [1.165, 1.54) is 17.2 Å². The van der Waals surface area contributed by atoms with Gasteiger partial charge in [-0.05, 0) is 38.6 Å². The molecular formula is C24H30FN3O. The third kappa shape index (κ3) is 5.75. The molecule has 2 aromatic rings. The smallest absolute Gasteiger partial charge is 0.247 e. The van der Waals surface area contributed by atoms with E-state index in [9.17, 15) is 9.18 Å². The van der Waals surface area contributed by atoms with Crippen molar-refractivity contribution in [1.29, 1.82) is 0 Å². The van der Waals surface area contributed by atoms with Crippen LogP contribution >= 0.6 is 0 Å². The van der Waals surface area contributed by atoms with E-state index in [1.54, 1.807) is 31.2 Å². The highest BCUT2D eigenvalue weighted by atomic mass is 19.1. The molecule has 0 aromatic heterocycles. The number of hydrogen-bond donors (Lipinski definition) is 1. The summed E-state index contributed by atoms with van der Waals surface area (Å²) in [4.78, 5) is 17.4. The van der Waals surface area contributed by atoms with Crippen molar-refractivity contribution < 1.29 is 9.18 Å². The first kappa shape index (κ1) is 21.2. The van der Waals surface area contributed by atoms with Gasteiger partial charge in [-0.1, -0.05) is 48.0 Å². The maximum absolute atomic E-state index is 13.9. The Kier molecular flexibility index (Phi) is 7.18. The minimum Gasteiger partial charge on any atom is -0.350 e. The van der Waals surface area contributed by atoms with Crippen LogP contribution in [0.3, 0.4) is 0 Å². The molecule has 3 rings (SSSR count). The second-order valence-corrected chi connectivity index (χ2v) is 7.82. The van der Waals surface area contributed by atoms with Crippen LogP contribution in [0.2, 0.25) is 0 Å². The Balaban J connectivity index is 1.71. The number of carbonyl (C=O) groups excluding carboxylic acids is 1. The van der Waals surface area contributed by atoms with E-state index >= 15 is 0 Å². The first-order valence-corrected chi connectivity index (χ1v) is 10.1. The van der Waals surface area contributed by atoms with Gasteiger partial charge in [0.2, 0.25) is 5.91 Å². The molecule has 1 N–H and O–H groups in total. The largest absolute Gasteiger partial charge is 0.350 e. The Hall–Kier alpha value is -2.50. The van der Waals surface area contributed by atoms with Gasteiger partial charge in [0.1, 0.15) is 5.82 Å². The Bertz CT molecular complexity index is 855. The lowest BCUT2D eigenvalue weighted by molar-refractivity contribution is -0.117. The van der Waals surface area contributed by atoms with E-state index in [0.29, 0.717) is 17.7 Å². The van der Waals surface area contributed by atoms with Crippen LogP contribution in [0, 0.1) is 12.7 Å². The first-order chi connectivity index (χ1) is 13.9. The number of rotatable bonds is 6. The Morgan fingerprint density at radius 2 is 1.76 bits per heavy atom. The molecule has 0 radical (unpaired) electrons. The number of hydrogen-bond acceptors (Lipinski definition) is 3. The molecule has 1 atom stereocenters. The number of nitrogens with one attached hydrogen (secondary N) is 1. The Morgan fingerprint density at radius 1 is 1.10 bits per heavy atom. The molecule has 154 valence electrons. The summed E-state index contributed by atoms with van der Waals surface area (Å²) in [6.45, 7) is 8.29. The molecule has 1 saturated heterocycles. The monoisotopic (exact) mass is 395 g/mol. The second kappa shape index (κ2) is 9.81. The molecule has 29 heavy (non-hydrogen) atoms. The van der Waals surface area contributed by atoms with Crippen molar-refractivity contribution in [2.45, 2.75) is 19.9 Å². The highest BCUT2D eigenvalue weighted by Crippen LogP contribution is 2.22. The van der Waals surface area contributed by atoms with Crippen LogP contribution in [0.4, 0.5) is 4.39 Å². The number of aryl methyl sites for hydroxylation is 1. The van der Waals surface area contributed by atoms with Gasteiger partial charge in [0.25, 0.3) is 0 Å². The maximum atomic E-state index is 13.9. The number of likely N-dealkylation sites (N-methyl/N-ethyl adjacent to an activating group) is 1. The molecule has 5 heteroatoms. The molecule has 1 aliphatic rings. The van der Waals surface area contributed by atoms with Gasteiger partial charge < -0.3 is 10.2 Å². The zero-order chi connectivity index (χ0) is 20.8. The van der Waals surface area contributed by atoms with Crippen molar-refractivity contribution in [3.05, 3.63) is 76.6 Å². The lowest BCUT2D eigenvalue weighted by atomic mass is 10.0. The van der Waals surface area contributed by atoms with Gasteiger partial charge in [0.05, 0.1) is 6.04 Å². The molecule has 0 saturated carbocycles. The fourth-order valence-corrected chi connectivity index (χ4v) is 3.60. The summed E-state index contributed by atoms with van der Waals surface area (Å²) in [5.74, 6) is -0.492. The van der Waals surface area contributed by atoms with Crippen LogP contribution in [-0.2, 0) is 4.79 Å². The summed E-state index contributed by atoms with van der Waals surface area (Å²) >= 11 is 0. The molecule has 0 spiro atoms. The van der Waals surface area contributed by atoms with Crippen LogP contribution in [0.15, 0.2) is 54.1 Å². The normalized spacial score (nSPS) is 17.2. The first-order valence-electron chi connectivity index (χ1n) is 10.1. The predicted octanol–water partition coefficient (Wildman–Crippen LogP) is 3.64. The van der Waals surface area contributed by atoms with Crippen molar-refractivity contribution in [3.63, 3.8) is 0 Å². The van der Waals surface area contributed by atoms with E-state index in [2.05, 4.69) is 53.4 Å². The Morgan fingerprint density at radius 3 is 2.41 bits per heavy atom. The van der Waals surface area contributed by atoms with Gasteiger partial charge in [-0.3, -0.25) is 9.69 Å². The van der Waals surface area contributed by atoms with E-state index in [-0.39, 0.29) is 17.8 Å². The number of amides is 1. The summed E-state index contributed by atoms with van der Waals surface area (Å²) in [7, 11) is 2.14. The van der Waals surface area contributed by atoms with Gasteiger partial charge in [-0.25, -0.2) is 4.39 Å². The average Bonchev–Trinajstić information content (AvgIpc) is 2.72. The number of halogens is 1. The van der Waals surface area contributed by atoms with E-state index in [0.717, 1.165) is 26.2 Å². The number of benzene rings is 2. The molecule has 1 fully saturated rings. The standard InChI is InChI=1S/C24H30FN3O/c1-18-8-10-20(11-9-18)23(28-14-12-27(3)13-15-28)17-26-24(29)19(2)16-21-6-4-5-7-22(21)25/h4-11,16,23H,12-15,17H2,1-3H3,(H,26,29)/b19-16+. The molecule has 0 aliphatic carbocycles. The SMILES string of the molecule is C/C(=C\c1ccccc1F)C(=O)NCC(c1ccc(C)cc1)N1CCN(C)CC1. The number of carbonyl (C=O) groups is 1. The second-order valence-electron chi connectivity index (χ2n) is 7.82. The van der Waals surface area contributed by atoms with Gasteiger partial charge in [-0.2, -0.15) is 0 Å². The topological polar surface area (TPSA) is 35.6 Å². The molecule has 1 unspecified atom stereocenters. The van der Waals surface area contributed by atoms with Crippen LogP contribution in [0.25, 0.3) is 6.08 Å². The molecule has 0 bridgehead atoms. The van der Waals surface area contributed by atoms with Gasteiger partial charge in [0.15, 0.2) is 0 Å². The highest BCUT2D eigenvalue weighted by molar-refractivity contribution is 5.97. The summed E-state index contributed by atoms with van der Waals surface area (Å²) in [6.07, 6.45) is 1.60. The lowest BCUT2D eigenvalue weighted by Gasteiger charge is -2.38. The van der Waals surface area contributed by atoms with E-state index < -0.39 is 0 Å². The fraction of sp³-hybridized carbons (Fsp3) is 0.375. The lowest BCUT2D eigenvalue weighted by Crippen LogP contribution is -2.48.